The third kappa shape index (κ3) is 2.66. The van der Waals surface area contributed by atoms with Gasteiger partial charge in [-0.2, -0.15) is 0 Å². The van der Waals surface area contributed by atoms with Crippen LogP contribution in [-0.4, -0.2) is 48.2 Å². The fourth-order valence-electron chi connectivity index (χ4n) is 2.54. The van der Waals surface area contributed by atoms with Crippen molar-refractivity contribution in [1.82, 2.24) is 4.90 Å². The molecule has 2 unspecified atom stereocenters. The summed E-state index contributed by atoms with van der Waals surface area (Å²) in [5.74, 6) is -0.977. The Kier molecular flexibility index (Phi) is 3.66. The molecule has 1 aliphatic heterocycles. The summed E-state index contributed by atoms with van der Waals surface area (Å²) in [7, 11) is 2.12. The lowest BCUT2D eigenvalue weighted by molar-refractivity contribution is 0.0698. The molecule has 2 atom stereocenters. The van der Waals surface area contributed by atoms with E-state index in [1.165, 1.54) is 0 Å². The molecule has 2 rings (SSSR count). The molecular weight excluding hydrogens is 242 g/mol. The average Bonchev–Trinajstić information content (AvgIpc) is 2.35. The van der Waals surface area contributed by atoms with Crippen LogP contribution < -0.4 is 10.6 Å². The summed E-state index contributed by atoms with van der Waals surface area (Å²) in [4.78, 5) is 15.7. The van der Waals surface area contributed by atoms with Gasteiger partial charge in [0.1, 0.15) is 0 Å². The van der Waals surface area contributed by atoms with Crippen LogP contribution in [-0.2, 0) is 0 Å². The van der Waals surface area contributed by atoms with E-state index in [9.17, 15) is 4.79 Å². The number of anilines is 2. The van der Waals surface area contributed by atoms with Gasteiger partial charge in [-0.3, -0.25) is 4.90 Å². The number of nitrogen functional groups attached to an aromatic ring is 1. The lowest BCUT2D eigenvalue weighted by Crippen LogP contribution is -2.55. The second-order valence-corrected chi connectivity index (χ2v) is 5.35. The highest BCUT2D eigenvalue weighted by atomic mass is 16.4. The number of piperazine rings is 1. The van der Waals surface area contributed by atoms with Gasteiger partial charge >= 0.3 is 5.97 Å². The smallest absolute Gasteiger partial charge is 0.337 e. The molecule has 0 spiro atoms. The molecule has 104 valence electrons. The Balaban J connectivity index is 2.27. The van der Waals surface area contributed by atoms with Gasteiger partial charge in [0.15, 0.2) is 0 Å². The molecule has 0 bridgehead atoms. The molecule has 1 aromatic rings. The summed E-state index contributed by atoms with van der Waals surface area (Å²) in [6.45, 7) is 6.14. The predicted molar refractivity (Wildman–Crippen MR) is 76.7 cm³/mol. The maximum absolute atomic E-state index is 11.1. The third-order valence-corrected chi connectivity index (χ3v) is 3.99. The Morgan fingerprint density at radius 1 is 1.32 bits per heavy atom. The SMILES string of the molecule is CC1CN(c2ccc(N)c(C(=O)O)c2)CC(C)N1C. The highest BCUT2D eigenvalue weighted by Crippen LogP contribution is 2.25. The number of benzene rings is 1. The Hall–Kier alpha value is -1.75. The van der Waals surface area contributed by atoms with Crippen LogP contribution in [0.25, 0.3) is 0 Å². The van der Waals surface area contributed by atoms with Crippen molar-refractivity contribution in [3.63, 3.8) is 0 Å². The average molecular weight is 263 g/mol. The molecular formula is C14H21N3O2. The summed E-state index contributed by atoms with van der Waals surface area (Å²) < 4.78 is 0. The Morgan fingerprint density at radius 2 is 1.89 bits per heavy atom. The molecule has 1 heterocycles. The number of hydrogen-bond donors (Lipinski definition) is 2. The van der Waals surface area contributed by atoms with Gasteiger partial charge in [-0.25, -0.2) is 4.79 Å². The zero-order chi connectivity index (χ0) is 14.2. The highest BCUT2D eigenvalue weighted by Gasteiger charge is 2.27. The minimum absolute atomic E-state index is 0.178. The van der Waals surface area contributed by atoms with Gasteiger partial charge in [0.25, 0.3) is 0 Å². The molecule has 0 amide bonds. The number of nitrogens with two attached hydrogens (primary N) is 1. The molecule has 1 saturated heterocycles. The molecule has 0 aliphatic carbocycles. The summed E-state index contributed by atoms with van der Waals surface area (Å²) in [6.07, 6.45) is 0. The zero-order valence-corrected chi connectivity index (χ0v) is 11.6. The molecule has 3 N–H and O–H groups in total. The monoisotopic (exact) mass is 263 g/mol. The minimum Gasteiger partial charge on any atom is -0.478 e. The third-order valence-electron chi connectivity index (χ3n) is 3.99. The first-order valence-electron chi connectivity index (χ1n) is 6.50. The zero-order valence-electron chi connectivity index (χ0n) is 11.6. The fraction of sp³-hybridized carbons (Fsp3) is 0.500. The van der Waals surface area contributed by atoms with Crippen molar-refractivity contribution in [2.24, 2.45) is 0 Å². The van der Waals surface area contributed by atoms with Gasteiger partial charge in [0, 0.05) is 36.5 Å². The largest absolute Gasteiger partial charge is 0.478 e. The normalized spacial score (nSPS) is 24.5. The van der Waals surface area contributed by atoms with E-state index in [1.54, 1.807) is 12.1 Å². The number of nitrogens with zero attached hydrogens (tertiary/aromatic N) is 2. The van der Waals surface area contributed by atoms with Crippen LogP contribution in [0.3, 0.4) is 0 Å². The van der Waals surface area contributed by atoms with E-state index in [0.717, 1.165) is 18.8 Å². The van der Waals surface area contributed by atoms with Crippen LogP contribution in [0.2, 0.25) is 0 Å². The van der Waals surface area contributed by atoms with Gasteiger partial charge in [-0.1, -0.05) is 0 Å². The number of likely N-dealkylation sites (N-methyl/N-ethyl adjacent to an activating group) is 1. The molecule has 1 fully saturated rings. The number of rotatable bonds is 2. The number of carboxylic acids is 1. The molecule has 0 radical (unpaired) electrons. The summed E-state index contributed by atoms with van der Waals surface area (Å²) in [5.41, 5.74) is 7.11. The standard InChI is InChI=1S/C14H21N3O2/c1-9-7-17(8-10(2)16(9)3)11-4-5-13(15)12(6-11)14(18)19/h4-6,9-10H,7-8,15H2,1-3H3,(H,18,19). The summed E-state index contributed by atoms with van der Waals surface area (Å²) in [6, 6.07) is 6.12. The van der Waals surface area contributed by atoms with Crippen molar-refractivity contribution in [3.05, 3.63) is 23.8 Å². The van der Waals surface area contributed by atoms with Gasteiger partial charge in [0.05, 0.1) is 5.56 Å². The highest BCUT2D eigenvalue weighted by molar-refractivity contribution is 5.94. The van der Waals surface area contributed by atoms with Crippen molar-refractivity contribution in [2.45, 2.75) is 25.9 Å². The van der Waals surface area contributed by atoms with E-state index in [-0.39, 0.29) is 5.56 Å². The Labute approximate surface area is 113 Å². The Bertz CT molecular complexity index is 478. The van der Waals surface area contributed by atoms with Gasteiger partial charge < -0.3 is 15.7 Å². The molecule has 5 heteroatoms. The molecule has 19 heavy (non-hydrogen) atoms. The van der Waals surface area contributed by atoms with Gasteiger partial charge in [-0.15, -0.1) is 0 Å². The molecule has 5 nitrogen and oxygen atoms in total. The second-order valence-electron chi connectivity index (χ2n) is 5.35. The van der Waals surface area contributed by atoms with Crippen molar-refractivity contribution in [3.8, 4) is 0 Å². The van der Waals surface area contributed by atoms with Crippen LogP contribution in [0.5, 0.6) is 0 Å². The number of carbonyl (C=O) groups is 1. The summed E-state index contributed by atoms with van der Waals surface area (Å²) in [5, 5.41) is 9.13. The first kappa shape index (κ1) is 13.7. The lowest BCUT2D eigenvalue weighted by atomic mass is 10.1. The topological polar surface area (TPSA) is 69.8 Å². The van der Waals surface area contributed by atoms with E-state index in [1.807, 2.05) is 6.07 Å². The lowest BCUT2D eigenvalue weighted by Gasteiger charge is -2.43. The van der Waals surface area contributed by atoms with E-state index >= 15 is 0 Å². The molecule has 1 aliphatic rings. The van der Waals surface area contributed by atoms with E-state index in [2.05, 4.69) is 30.7 Å². The van der Waals surface area contributed by atoms with Gasteiger partial charge in [-0.05, 0) is 39.1 Å². The maximum Gasteiger partial charge on any atom is 0.337 e. The van der Waals surface area contributed by atoms with Crippen molar-refractivity contribution in [2.75, 3.05) is 30.8 Å². The number of hydrogen-bond acceptors (Lipinski definition) is 4. The van der Waals surface area contributed by atoms with Crippen molar-refractivity contribution in [1.29, 1.82) is 0 Å². The van der Waals surface area contributed by atoms with Crippen LogP contribution in [0.15, 0.2) is 18.2 Å². The first-order chi connectivity index (χ1) is 8.90. The second kappa shape index (κ2) is 5.09. The van der Waals surface area contributed by atoms with Gasteiger partial charge in [0.2, 0.25) is 0 Å². The van der Waals surface area contributed by atoms with Crippen LogP contribution in [0.1, 0.15) is 24.2 Å². The predicted octanol–water partition coefficient (Wildman–Crippen LogP) is 1.50. The fourth-order valence-corrected chi connectivity index (χ4v) is 2.54. The summed E-state index contributed by atoms with van der Waals surface area (Å²) >= 11 is 0. The Morgan fingerprint density at radius 3 is 2.42 bits per heavy atom. The quantitative estimate of drug-likeness (QED) is 0.791. The number of aromatic carboxylic acids is 1. The maximum atomic E-state index is 11.1. The van der Waals surface area contributed by atoms with Crippen LogP contribution in [0, 0.1) is 0 Å². The van der Waals surface area contributed by atoms with Crippen LogP contribution in [0.4, 0.5) is 11.4 Å². The van der Waals surface area contributed by atoms with E-state index in [0.29, 0.717) is 17.8 Å². The van der Waals surface area contributed by atoms with E-state index < -0.39 is 5.97 Å². The minimum atomic E-state index is -0.977. The molecule has 0 saturated carbocycles. The number of carboxylic acid groups (broad SMARTS) is 1. The van der Waals surface area contributed by atoms with E-state index in [4.69, 9.17) is 10.8 Å². The van der Waals surface area contributed by atoms with Crippen molar-refractivity contribution < 1.29 is 9.90 Å². The molecule has 0 aromatic heterocycles. The molecule has 1 aromatic carbocycles. The van der Waals surface area contributed by atoms with Crippen LogP contribution >= 0.6 is 0 Å². The first-order valence-corrected chi connectivity index (χ1v) is 6.50. The van der Waals surface area contributed by atoms with Crippen molar-refractivity contribution >= 4 is 17.3 Å².